The minimum absolute atomic E-state index is 0.0485. The second-order valence-corrected chi connectivity index (χ2v) is 4.96. The van der Waals surface area contributed by atoms with Gasteiger partial charge in [0.05, 0.1) is 11.4 Å². The molecule has 1 aliphatic rings. The Kier molecular flexibility index (Phi) is 3.96. The second-order valence-electron chi connectivity index (χ2n) is 4.96. The third-order valence-corrected chi connectivity index (χ3v) is 3.39. The molecule has 1 heterocycles. The summed E-state index contributed by atoms with van der Waals surface area (Å²) in [6.07, 6.45) is 2.74. The van der Waals surface area contributed by atoms with Gasteiger partial charge in [-0.3, -0.25) is 9.79 Å². The van der Waals surface area contributed by atoms with E-state index in [0.29, 0.717) is 18.4 Å². The Morgan fingerprint density at radius 3 is 2.55 bits per heavy atom. The van der Waals surface area contributed by atoms with Crippen LogP contribution in [0, 0.1) is 0 Å². The Morgan fingerprint density at radius 1 is 1.09 bits per heavy atom. The maximum absolute atomic E-state index is 11.1. The predicted molar refractivity (Wildman–Crippen MR) is 85.7 cm³/mol. The van der Waals surface area contributed by atoms with Gasteiger partial charge in [-0.05, 0) is 29.8 Å². The molecule has 3 rings (SSSR count). The van der Waals surface area contributed by atoms with Gasteiger partial charge in [0.15, 0.2) is 0 Å². The molecule has 1 aliphatic heterocycles. The molecule has 0 atom stereocenters. The number of phenols is 1. The Hall–Kier alpha value is -2.95. The van der Waals surface area contributed by atoms with Crippen LogP contribution < -0.4 is 5.43 Å². The van der Waals surface area contributed by atoms with Gasteiger partial charge in [-0.1, -0.05) is 24.3 Å². The van der Waals surface area contributed by atoms with Gasteiger partial charge in [-0.2, -0.15) is 5.10 Å². The SMILES string of the molecule is O=C1CCC(c2ccc(N=Cc3ccccc3O)cc2)=NN1. The molecule has 0 aliphatic carbocycles. The first kappa shape index (κ1) is 14.0. The topological polar surface area (TPSA) is 74.0 Å². The number of aromatic hydroxyl groups is 1. The minimum Gasteiger partial charge on any atom is -0.507 e. The van der Waals surface area contributed by atoms with Crippen molar-refractivity contribution in [3.05, 3.63) is 59.7 Å². The van der Waals surface area contributed by atoms with Crippen LogP contribution in [0.1, 0.15) is 24.0 Å². The summed E-state index contributed by atoms with van der Waals surface area (Å²) < 4.78 is 0. The van der Waals surface area contributed by atoms with Crippen LogP contribution in [0.4, 0.5) is 5.69 Å². The highest BCUT2D eigenvalue weighted by molar-refractivity contribution is 6.04. The number of hydrazone groups is 1. The van der Waals surface area contributed by atoms with E-state index in [4.69, 9.17) is 0 Å². The first-order chi connectivity index (χ1) is 10.7. The van der Waals surface area contributed by atoms with Crippen molar-refractivity contribution in [3.63, 3.8) is 0 Å². The summed E-state index contributed by atoms with van der Waals surface area (Å²) in [7, 11) is 0. The number of nitrogens with one attached hydrogen (secondary N) is 1. The summed E-state index contributed by atoms with van der Waals surface area (Å²) in [5.74, 6) is 0.155. The molecule has 0 aromatic heterocycles. The average Bonchev–Trinajstić information content (AvgIpc) is 2.55. The average molecular weight is 293 g/mol. The van der Waals surface area contributed by atoms with E-state index >= 15 is 0 Å². The van der Waals surface area contributed by atoms with Crippen LogP contribution in [-0.2, 0) is 4.79 Å². The number of rotatable bonds is 3. The lowest BCUT2D eigenvalue weighted by Crippen LogP contribution is -2.25. The van der Waals surface area contributed by atoms with Crippen molar-refractivity contribution in [1.82, 2.24) is 5.43 Å². The maximum atomic E-state index is 11.1. The lowest BCUT2D eigenvalue weighted by Gasteiger charge is -2.11. The Labute approximate surface area is 128 Å². The molecular formula is C17H15N3O2. The van der Waals surface area contributed by atoms with Crippen LogP contribution in [-0.4, -0.2) is 22.9 Å². The number of aliphatic imine (C=N–C) groups is 1. The summed E-state index contributed by atoms with van der Waals surface area (Å²) >= 11 is 0. The van der Waals surface area contributed by atoms with Crippen LogP contribution >= 0.6 is 0 Å². The first-order valence-corrected chi connectivity index (χ1v) is 7.00. The van der Waals surface area contributed by atoms with E-state index in [1.165, 1.54) is 0 Å². The number of para-hydroxylation sites is 1. The van der Waals surface area contributed by atoms with Crippen LogP contribution in [0.2, 0.25) is 0 Å². The Balaban J connectivity index is 1.75. The molecule has 0 saturated carbocycles. The molecule has 0 radical (unpaired) electrons. The molecule has 110 valence electrons. The summed E-state index contributed by atoms with van der Waals surface area (Å²) in [5, 5.41) is 13.7. The molecule has 5 heteroatoms. The van der Waals surface area contributed by atoms with Crippen molar-refractivity contribution in [3.8, 4) is 5.75 Å². The Morgan fingerprint density at radius 2 is 1.86 bits per heavy atom. The molecule has 2 aromatic carbocycles. The van der Waals surface area contributed by atoms with Crippen molar-refractivity contribution in [2.24, 2.45) is 10.1 Å². The molecule has 0 fully saturated rings. The smallest absolute Gasteiger partial charge is 0.240 e. The van der Waals surface area contributed by atoms with Crippen LogP contribution in [0.5, 0.6) is 5.75 Å². The van der Waals surface area contributed by atoms with Crippen molar-refractivity contribution in [1.29, 1.82) is 0 Å². The van der Waals surface area contributed by atoms with E-state index in [0.717, 1.165) is 17.0 Å². The molecule has 0 unspecified atom stereocenters. The third kappa shape index (κ3) is 3.20. The standard InChI is InChI=1S/C17H15N3O2/c21-16-4-2-1-3-13(16)11-18-14-7-5-12(6-8-14)15-9-10-17(22)20-19-15/h1-8,11,21H,9-10H2,(H,20,22). The van der Waals surface area contributed by atoms with Crippen molar-refractivity contribution in [2.75, 3.05) is 0 Å². The van der Waals surface area contributed by atoms with E-state index < -0.39 is 0 Å². The third-order valence-electron chi connectivity index (χ3n) is 3.39. The fourth-order valence-electron chi connectivity index (χ4n) is 2.16. The number of amides is 1. The fourth-order valence-corrected chi connectivity index (χ4v) is 2.16. The quantitative estimate of drug-likeness (QED) is 0.854. The fraction of sp³-hybridized carbons (Fsp3) is 0.118. The number of phenolic OH excluding ortho intramolecular Hbond substituents is 1. The number of nitrogens with zero attached hydrogens (tertiary/aromatic N) is 2. The zero-order valence-corrected chi connectivity index (χ0v) is 11.9. The van der Waals surface area contributed by atoms with E-state index in [2.05, 4.69) is 15.5 Å². The van der Waals surface area contributed by atoms with Crippen LogP contribution in [0.3, 0.4) is 0 Å². The highest BCUT2D eigenvalue weighted by Gasteiger charge is 2.12. The lowest BCUT2D eigenvalue weighted by molar-refractivity contribution is -0.121. The van der Waals surface area contributed by atoms with Crippen LogP contribution in [0.25, 0.3) is 0 Å². The molecular weight excluding hydrogens is 278 g/mol. The van der Waals surface area contributed by atoms with Gasteiger partial charge in [-0.25, -0.2) is 5.43 Å². The summed E-state index contributed by atoms with van der Waals surface area (Å²) in [4.78, 5) is 15.4. The summed E-state index contributed by atoms with van der Waals surface area (Å²) in [5.41, 5.74) is 5.79. The van der Waals surface area contributed by atoms with E-state index in [1.807, 2.05) is 30.3 Å². The Bertz CT molecular complexity index is 749. The highest BCUT2D eigenvalue weighted by Crippen LogP contribution is 2.18. The summed E-state index contributed by atoms with van der Waals surface area (Å²) in [6.45, 7) is 0. The molecule has 0 bridgehead atoms. The van der Waals surface area contributed by atoms with Gasteiger partial charge in [0, 0.05) is 24.6 Å². The normalized spacial score (nSPS) is 14.7. The van der Waals surface area contributed by atoms with Gasteiger partial charge < -0.3 is 5.11 Å². The van der Waals surface area contributed by atoms with E-state index in [-0.39, 0.29) is 11.7 Å². The van der Waals surface area contributed by atoms with Crippen LogP contribution in [0.15, 0.2) is 58.6 Å². The molecule has 2 aromatic rings. The first-order valence-electron chi connectivity index (χ1n) is 7.00. The molecule has 5 nitrogen and oxygen atoms in total. The number of benzene rings is 2. The second kappa shape index (κ2) is 6.22. The molecule has 1 amide bonds. The van der Waals surface area contributed by atoms with Gasteiger partial charge >= 0.3 is 0 Å². The predicted octanol–water partition coefficient (Wildman–Crippen LogP) is 2.76. The highest BCUT2D eigenvalue weighted by atomic mass is 16.3. The van der Waals surface area contributed by atoms with Crippen molar-refractivity contribution < 1.29 is 9.90 Å². The number of carbonyl (C=O) groups is 1. The van der Waals surface area contributed by atoms with Gasteiger partial charge in [0.2, 0.25) is 5.91 Å². The summed E-state index contributed by atoms with van der Waals surface area (Å²) in [6, 6.07) is 14.6. The van der Waals surface area contributed by atoms with Gasteiger partial charge in [-0.15, -0.1) is 0 Å². The van der Waals surface area contributed by atoms with Gasteiger partial charge in [0.25, 0.3) is 0 Å². The molecule has 2 N–H and O–H groups in total. The molecule has 0 saturated heterocycles. The zero-order chi connectivity index (χ0) is 15.4. The van der Waals surface area contributed by atoms with Gasteiger partial charge in [0.1, 0.15) is 5.75 Å². The van der Waals surface area contributed by atoms with E-state index in [9.17, 15) is 9.90 Å². The molecule has 22 heavy (non-hydrogen) atoms. The minimum atomic E-state index is -0.0485. The van der Waals surface area contributed by atoms with Crippen molar-refractivity contribution in [2.45, 2.75) is 12.8 Å². The largest absolute Gasteiger partial charge is 0.507 e. The lowest BCUT2D eigenvalue weighted by atomic mass is 10.0. The monoisotopic (exact) mass is 293 g/mol. The zero-order valence-electron chi connectivity index (χ0n) is 11.9. The molecule has 0 spiro atoms. The maximum Gasteiger partial charge on any atom is 0.240 e. The van der Waals surface area contributed by atoms with Crippen molar-refractivity contribution >= 4 is 23.5 Å². The number of hydrogen-bond acceptors (Lipinski definition) is 4. The number of hydrogen-bond donors (Lipinski definition) is 2. The number of carbonyl (C=O) groups excluding carboxylic acids is 1. The van der Waals surface area contributed by atoms with E-state index in [1.54, 1.807) is 24.4 Å².